The molecule has 1 aliphatic heterocycles. The zero-order chi connectivity index (χ0) is 19.6. The van der Waals surface area contributed by atoms with E-state index in [-0.39, 0.29) is 24.6 Å². The van der Waals surface area contributed by atoms with Crippen LogP contribution in [-0.4, -0.2) is 30.2 Å². The average Bonchev–Trinajstić information content (AvgIpc) is 3.22. The Bertz CT molecular complexity index is 879. The van der Waals surface area contributed by atoms with Crippen LogP contribution in [0.4, 0.5) is 5.69 Å². The van der Waals surface area contributed by atoms with Gasteiger partial charge in [-0.15, -0.1) is 0 Å². The van der Waals surface area contributed by atoms with E-state index >= 15 is 0 Å². The lowest BCUT2D eigenvalue weighted by Crippen LogP contribution is -2.06. The largest absolute Gasteiger partial charge is 0.496 e. The van der Waals surface area contributed by atoms with Gasteiger partial charge in [-0.25, -0.2) is 9.59 Å². The van der Waals surface area contributed by atoms with Crippen LogP contribution in [0.1, 0.15) is 52.7 Å². The molecule has 0 saturated heterocycles. The summed E-state index contributed by atoms with van der Waals surface area (Å²) in [4.78, 5) is 38.0. The highest BCUT2D eigenvalue weighted by atomic mass is 16.5. The van der Waals surface area contributed by atoms with Gasteiger partial charge in [-0.1, -0.05) is 11.6 Å². The molecule has 2 aliphatic rings. The molecule has 0 amide bonds. The number of isocyanates is 1. The fraction of sp³-hybridized carbons (Fsp3) is 0.450. The van der Waals surface area contributed by atoms with Crippen molar-refractivity contribution in [2.24, 2.45) is 10.9 Å². The molecule has 1 fully saturated rings. The topological polar surface area (TPSA) is 102 Å². The van der Waals surface area contributed by atoms with Crippen LogP contribution in [0.5, 0.6) is 5.75 Å². The van der Waals surface area contributed by atoms with Crippen LogP contribution in [0, 0.1) is 12.8 Å². The average molecular weight is 371 g/mol. The molecule has 0 radical (unpaired) electrons. The fourth-order valence-electron chi connectivity index (χ4n) is 4.09. The quantitative estimate of drug-likeness (QED) is 0.356. The van der Waals surface area contributed by atoms with Gasteiger partial charge in [0.15, 0.2) is 0 Å². The Morgan fingerprint density at radius 2 is 2.26 bits per heavy atom. The van der Waals surface area contributed by atoms with Crippen LogP contribution >= 0.6 is 0 Å². The Hall–Kier alpha value is -2.92. The summed E-state index contributed by atoms with van der Waals surface area (Å²) in [5.74, 6) is -0.742. The molecule has 1 saturated carbocycles. The summed E-state index contributed by atoms with van der Waals surface area (Å²) in [6.07, 6.45) is 6.65. The number of carboxylic acid groups (broad SMARTS) is 1. The molecule has 1 aromatic rings. The monoisotopic (exact) mass is 371 g/mol. The first kappa shape index (κ1) is 18.9. The number of esters is 1. The van der Waals surface area contributed by atoms with Crippen LogP contribution < -0.4 is 4.74 Å². The maximum atomic E-state index is 12.2. The lowest BCUT2D eigenvalue weighted by atomic mass is 9.92. The minimum absolute atomic E-state index is 0.0204. The van der Waals surface area contributed by atoms with Gasteiger partial charge < -0.3 is 14.6 Å². The van der Waals surface area contributed by atoms with E-state index in [2.05, 4.69) is 4.99 Å². The Labute approximate surface area is 156 Å². The highest BCUT2D eigenvalue weighted by Gasteiger charge is 2.32. The number of methoxy groups -OCH3 is 1. The number of fused-ring (bicyclic) bond motifs is 1. The summed E-state index contributed by atoms with van der Waals surface area (Å²) in [6.45, 7) is 1.97. The van der Waals surface area contributed by atoms with Gasteiger partial charge in [0.25, 0.3) is 0 Å². The molecule has 1 heterocycles. The highest BCUT2D eigenvalue weighted by molar-refractivity contribution is 6.01. The van der Waals surface area contributed by atoms with Gasteiger partial charge >= 0.3 is 11.9 Å². The molecular weight excluding hydrogens is 350 g/mol. The molecule has 0 aromatic heterocycles. The van der Waals surface area contributed by atoms with Crippen molar-refractivity contribution in [3.63, 3.8) is 0 Å². The molecule has 0 spiro atoms. The number of carbonyl (C=O) groups is 2. The van der Waals surface area contributed by atoms with Crippen LogP contribution in [-0.2, 0) is 27.4 Å². The number of hydrogen-bond donors (Lipinski definition) is 1. The van der Waals surface area contributed by atoms with Crippen LogP contribution in [0.2, 0.25) is 0 Å². The number of benzene rings is 1. The van der Waals surface area contributed by atoms with Crippen molar-refractivity contribution in [1.29, 1.82) is 0 Å². The van der Waals surface area contributed by atoms with Gasteiger partial charge in [-0.3, -0.25) is 4.79 Å². The van der Waals surface area contributed by atoms with Gasteiger partial charge in [-0.2, -0.15) is 4.99 Å². The van der Waals surface area contributed by atoms with Gasteiger partial charge in [-0.05, 0) is 44.1 Å². The van der Waals surface area contributed by atoms with Gasteiger partial charge in [0, 0.05) is 11.1 Å². The molecule has 0 bridgehead atoms. The third-order valence-corrected chi connectivity index (χ3v) is 5.34. The van der Waals surface area contributed by atoms with E-state index in [1.807, 2.05) is 13.0 Å². The second kappa shape index (κ2) is 7.76. The number of ether oxygens (including phenoxy) is 2. The van der Waals surface area contributed by atoms with E-state index in [1.54, 1.807) is 0 Å². The summed E-state index contributed by atoms with van der Waals surface area (Å²) >= 11 is 0. The molecule has 1 N–H and O–H groups in total. The maximum absolute atomic E-state index is 12.2. The first-order chi connectivity index (χ1) is 13.0. The third kappa shape index (κ3) is 3.51. The number of allylic oxidation sites excluding steroid dienone is 2. The molecule has 0 unspecified atom stereocenters. The number of hydrogen-bond acceptors (Lipinski definition) is 6. The number of carboxylic acids is 1. The lowest BCUT2D eigenvalue weighted by Gasteiger charge is -2.16. The second-order valence-electron chi connectivity index (χ2n) is 6.79. The smallest absolute Gasteiger partial charge is 0.341 e. The van der Waals surface area contributed by atoms with E-state index < -0.39 is 11.9 Å². The van der Waals surface area contributed by atoms with E-state index in [9.17, 15) is 14.4 Å². The van der Waals surface area contributed by atoms with Crippen molar-refractivity contribution >= 4 is 23.7 Å². The molecule has 1 aliphatic carbocycles. The number of nitrogens with zero attached hydrogens (tertiary/aromatic N) is 1. The Morgan fingerprint density at radius 1 is 1.48 bits per heavy atom. The van der Waals surface area contributed by atoms with Crippen molar-refractivity contribution in [3.05, 3.63) is 33.9 Å². The molecule has 27 heavy (non-hydrogen) atoms. The zero-order valence-electron chi connectivity index (χ0n) is 15.3. The van der Waals surface area contributed by atoms with Crippen molar-refractivity contribution in [3.8, 4) is 5.75 Å². The fourth-order valence-corrected chi connectivity index (χ4v) is 4.09. The van der Waals surface area contributed by atoms with Crippen LogP contribution in [0.25, 0.3) is 0 Å². The lowest BCUT2D eigenvalue weighted by molar-refractivity contribution is -0.137. The predicted octanol–water partition coefficient (Wildman–Crippen LogP) is 3.39. The van der Waals surface area contributed by atoms with Crippen molar-refractivity contribution in [2.45, 2.75) is 45.6 Å². The van der Waals surface area contributed by atoms with E-state index in [0.29, 0.717) is 28.9 Å². The molecule has 7 heteroatoms. The van der Waals surface area contributed by atoms with Gasteiger partial charge in [0.1, 0.15) is 12.4 Å². The van der Waals surface area contributed by atoms with E-state index in [1.165, 1.54) is 13.2 Å². The van der Waals surface area contributed by atoms with Gasteiger partial charge in [0.05, 0.1) is 24.8 Å². The Kier molecular flexibility index (Phi) is 5.42. The third-order valence-electron chi connectivity index (χ3n) is 5.34. The SMILES string of the molecule is COc1c(C)c2c(c(N=C=O)c1CC=C1CCC[C@H]1CC(=O)O)C(=O)OC2. The Balaban J connectivity index is 2.07. The summed E-state index contributed by atoms with van der Waals surface area (Å²) < 4.78 is 10.7. The Morgan fingerprint density at radius 3 is 2.93 bits per heavy atom. The van der Waals surface area contributed by atoms with Crippen molar-refractivity contribution in [2.75, 3.05) is 7.11 Å². The van der Waals surface area contributed by atoms with Crippen LogP contribution in [0.3, 0.4) is 0 Å². The maximum Gasteiger partial charge on any atom is 0.341 e. The highest BCUT2D eigenvalue weighted by Crippen LogP contribution is 2.43. The first-order valence-electron chi connectivity index (χ1n) is 8.85. The summed E-state index contributed by atoms with van der Waals surface area (Å²) in [5, 5.41) is 9.09. The minimum atomic E-state index is -0.812. The van der Waals surface area contributed by atoms with Crippen molar-refractivity contribution < 1.29 is 29.0 Å². The minimum Gasteiger partial charge on any atom is -0.496 e. The summed E-state index contributed by atoms with van der Waals surface area (Å²) in [7, 11) is 1.53. The molecule has 142 valence electrons. The normalized spacial score (nSPS) is 19.6. The molecule has 7 nitrogen and oxygen atoms in total. The molecule has 3 rings (SSSR count). The standard InChI is InChI=1S/C20H21NO6/c1-11-15-9-27-20(25)17(15)18(21-10-22)14(19(11)26-2)7-6-12-4-3-5-13(12)8-16(23)24/h6,13H,3-5,7-9H2,1-2H3,(H,23,24)/t13-/m0/s1. The van der Waals surface area contributed by atoms with Gasteiger partial charge in [0.2, 0.25) is 6.08 Å². The number of carbonyl (C=O) groups excluding carboxylic acids is 2. The molecule has 1 atom stereocenters. The number of aliphatic carboxylic acids is 1. The predicted molar refractivity (Wildman–Crippen MR) is 96.0 cm³/mol. The second-order valence-corrected chi connectivity index (χ2v) is 6.79. The molecular formula is C20H21NO6. The first-order valence-corrected chi connectivity index (χ1v) is 8.85. The zero-order valence-corrected chi connectivity index (χ0v) is 15.3. The van der Waals surface area contributed by atoms with E-state index in [4.69, 9.17) is 14.6 Å². The van der Waals surface area contributed by atoms with E-state index in [0.717, 1.165) is 30.4 Å². The summed E-state index contributed by atoms with van der Waals surface area (Å²) in [6, 6.07) is 0. The van der Waals surface area contributed by atoms with Crippen molar-refractivity contribution in [1.82, 2.24) is 0 Å². The number of rotatable bonds is 6. The summed E-state index contributed by atoms with van der Waals surface area (Å²) in [5.41, 5.74) is 3.68. The number of aliphatic imine (C=N–C) groups is 1. The molecule has 1 aromatic carbocycles. The number of cyclic esters (lactones) is 1. The van der Waals surface area contributed by atoms with Crippen LogP contribution in [0.15, 0.2) is 16.6 Å².